The molecule has 0 bridgehead atoms. The smallest absolute Gasteiger partial charge is 0.323 e. The van der Waals surface area contributed by atoms with Gasteiger partial charge in [0.15, 0.2) is 11.6 Å². The molecule has 0 unspecified atom stereocenters. The molecule has 1 saturated carbocycles. The molecule has 1 heterocycles. The van der Waals surface area contributed by atoms with Gasteiger partial charge in [-0.2, -0.15) is 5.10 Å². The summed E-state index contributed by atoms with van der Waals surface area (Å²) in [6.45, 7) is 5.29. The Kier molecular flexibility index (Phi) is 10.5. The van der Waals surface area contributed by atoms with Crippen molar-refractivity contribution < 1.29 is 27.8 Å². The minimum atomic E-state index is -0.844. The predicted octanol–water partition coefficient (Wildman–Crippen LogP) is 5.61. The number of hydrogen-bond donors (Lipinski definition) is 2. The van der Waals surface area contributed by atoms with Crippen molar-refractivity contribution in [2.75, 3.05) is 18.9 Å². The highest BCUT2D eigenvalue weighted by Gasteiger charge is 2.26. The number of halogens is 2. The second kappa shape index (κ2) is 14.2. The van der Waals surface area contributed by atoms with E-state index in [1.165, 1.54) is 12.3 Å². The van der Waals surface area contributed by atoms with Crippen LogP contribution in [-0.2, 0) is 9.53 Å². The molecule has 1 aliphatic carbocycles. The highest BCUT2D eigenvalue weighted by molar-refractivity contribution is 6.11. The maximum absolute atomic E-state index is 14.2. The summed E-state index contributed by atoms with van der Waals surface area (Å²) in [5, 5.41) is 7.38. The zero-order valence-electron chi connectivity index (χ0n) is 23.6. The number of ketones is 1. The molecule has 1 aliphatic rings. The Morgan fingerprint density at radius 1 is 1.12 bits per heavy atom. The van der Waals surface area contributed by atoms with Crippen LogP contribution in [0.5, 0.6) is 5.75 Å². The van der Waals surface area contributed by atoms with Gasteiger partial charge in [-0.15, -0.1) is 0 Å². The molecule has 1 atom stereocenters. The number of carbonyl (C=O) groups excluding carboxylic acids is 2. The van der Waals surface area contributed by atoms with Crippen LogP contribution in [-0.4, -0.2) is 46.8 Å². The number of carbonyl (C=O) groups is 2. The minimum Gasteiger partial charge on any atom is -0.494 e. The molecular weight excluding hydrogens is 530 g/mol. The second-order valence-corrected chi connectivity index (χ2v) is 10.8. The van der Waals surface area contributed by atoms with Crippen molar-refractivity contribution in [3.63, 3.8) is 0 Å². The Morgan fingerprint density at radius 3 is 2.63 bits per heavy atom. The van der Waals surface area contributed by atoms with Crippen LogP contribution in [0.3, 0.4) is 0 Å². The van der Waals surface area contributed by atoms with Gasteiger partial charge in [0, 0.05) is 11.6 Å². The van der Waals surface area contributed by atoms with Crippen LogP contribution in [0.25, 0.3) is 5.69 Å². The van der Waals surface area contributed by atoms with E-state index in [2.05, 4.69) is 24.3 Å². The third-order valence-corrected chi connectivity index (χ3v) is 7.09. The fourth-order valence-electron chi connectivity index (χ4n) is 4.94. The van der Waals surface area contributed by atoms with Gasteiger partial charge in [-0.3, -0.25) is 9.59 Å². The Balaban J connectivity index is 1.27. The van der Waals surface area contributed by atoms with Crippen LogP contribution in [0, 0.1) is 17.6 Å². The van der Waals surface area contributed by atoms with Gasteiger partial charge >= 0.3 is 5.97 Å². The van der Waals surface area contributed by atoms with Crippen molar-refractivity contribution in [3.8, 4) is 11.4 Å². The summed E-state index contributed by atoms with van der Waals surface area (Å²) in [6, 6.07) is 9.43. The van der Waals surface area contributed by atoms with E-state index in [9.17, 15) is 18.4 Å². The Bertz CT molecular complexity index is 1340. The van der Waals surface area contributed by atoms with Gasteiger partial charge < -0.3 is 20.5 Å². The van der Waals surface area contributed by atoms with E-state index < -0.39 is 17.4 Å². The molecular formula is C31H38F2N4O4. The fraction of sp³-hybridized carbons (Fsp3) is 0.452. The number of anilines is 1. The molecule has 2 aromatic carbocycles. The predicted molar refractivity (Wildman–Crippen MR) is 152 cm³/mol. The Hall–Kier alpha value is -3.79. The lowest BCUT2D eigenvalue weighted by atomic mass is 10.0. The summed E-state index contributed by atoms with van der Waals surface area (Å²) in [5.74, 6) is -1.28. The molecule has 4 rings (SSSR count). The number of rotatable bonds is 14. The normalized spacial score (nSPS) is 14.4. The molecule has 3 N–H and O–H groups in total. The highest BCUT2D eigenvalue weighted by Crippen LogP contribution is 2.25. The maximum atomic E-state index is 14.2. The standard InChI is InChI=1S/C31H38F2N4O4/c1-20(2)16-27(31(39)41-23-9-3-4-10-23)35-14-5-6-15-40-24-11-7-8-21(17-24)29(38)25-19-36-37(30(25)34)28-13-12-22(32)18-26(28)33/h7-8,11-13,17-20,23,27,35H,3-6,9-10,14-16,34H2,1-2H3/t27-/m0/s1. The van der Waals surface area contributed by atoms with Gasteiger partial charge in [-0.1, -0.05) is 26.0 Å². The summed E-state index contributed by atoms with van der Waals surface area (Å²) < 4.78 is 40.1. The van der Waals surface area contributed by atoms with Crippen molar-refractivity contribution in [1.82, 2.24) is 15.1 Å². The van der Waals surface area contributed by atoms with Crippen molar-refractivity contribution in [2.45, 2.75) is 70.9 Å². The third kappa shape index (κ3) is 8.13. The number of nitrogens with zero attached hydrogens (tertiary/aromatic N) is 2. The summed E-state index contributed by atoms with van der Waals surface area (Å²) >= 11 is 0. The number of nitrogens with one attached hydrogen (secondary N) is 1. The molecule has 41 heavy (non-hydrogen) atoms. The fourth-order valence-corrected chi connectivity index (χ4v) is 4.94. The Labute approximate surface area is 239 Å². The monoisotopic (exact) mass is 568 g/mol. The molecule has 3 aromatic rings. The van der Waals surface area contributed by atoms with Crippen molar-refractivity contribution in [3.05, 3.63) is 71.4 Å². The molecule has 0 saturated heterocycles. The average Bonchev–Trinajstić information content (AvgIpc) is 3.59. The van der Waals surface area contributed by atoms with Crippen LogP contribution >= 0.6 is 0 Å². The molecule has 0 spiro atoms. The van der Waals surface area contributed by atoms with E-state index in [0.717, 1.165) is 61.8 Å². The number of nitrogen functional groups attached to an aromatic ring is 1. The van der Waals surface area contributed by atoms with Gasteiger partial charge in [-0.25, -0.2) is 13.5 Å². The zero-order valence-corrected chi connectivity index (χ0v) is 23.6. The van der Waals surface area contributed by atoms with E-state index >= 15 is 0 Å². The number of unbranched alkanes of at least 4 members (excludes halogenated alkanes) is 1. The largest absolute Gasteiger partial charge is 0.494 e. The second-order valence-electron chi connectivity index (χ2n) is 10.8. The van der Waals surface area contributed by atoms with Crippen LogP contribution in [0.1, 0.15) is 74.7 Å². The molecule has 0 radical (unpaired) electrons. The summed E-state index contributed by atoms with van der Waals surface area (Å²) in [5.41, 5.74) is 6.48. The van der Waals surface area contributed by atoms with Crippen molar-refractivity contribution in [2.24, 2.45) is 5.92 Å². The number of esters is 1. The lowest BCUT2D eigenvalue weighted by Crippen LogP contribution is -2.41. The van der Waals surface area contributed by atoms with E-state index in [-0.39, 0.29) is 35.2 Å². The third-order valence-electron chi connectivity index (χ3n) is 7.09. The van der Waals surface area contributed by atoms with Crippen LogP contribution in [0.2, 0.25) is 0 Å². The van der Waals surface area contributed by atoms with Gasteiger partial charge in [0.1, 0.15) is 35.2 Å². The van der Waals surface area contributed by atoms with Gasteiger partial charge in [0.05, 0.1) is 18.4 Å². The summed E-state index contributed by atoms with van der Waals surface area (Å²) in [6.07, 6.45) is 7.75. The average molecular weight is 569 g/mol. The number of hydrogen-bond acceptors (Lipinski definition) is 7. The lowest BCUT2D eigenvalue weighted by molar-refractivity contribution is -0.151. The lowest BCUT2D eigenvalue weighted by Gasteiger charge is -2.21. The van der Waals surface area contributed by atoms with Crippen LogP contribution in [0.4, 0.5) is 14.6 Å². The highest BCUT2D eigenvalue weighted by atomic mass is 19.1. The first-order valence-corrected chi connectivity index (χ1v) is 14.2. The molecule has 8 nitrogen and oxygen atoms in total. The molecule has 0 aliphatic heterocycles. The van der Waals surface area contributed by atoms with E-state index in [1.807, 2.05) is 0 Å². The van der Waals surface area contributed by atoms with Crippen molar-refractivity contribution >= 4 is 17.6 Å². The zero-order chi connectivity index (χ0) is 29.4. The summed E-state index contributed by atoms with van der Waals surface area (Å²) in [4.78, 5) is 25.8. The molecule has 1 fully saturated rings. The number of benzene rings is 2. The minimum absolute atomic E-state index is 0.0535. The topological polar surface area (TPSA) is 108 Å². The SMILES string of the molecule is CC(C)C[C@H](NCCCCOc1cccc(C(=O)c2cnn(-c3ccc(F)cc3F)c2N)c1)C(=O)OC1CCCC1. The summed E-state index contributed by atoms with van der Waals surface area (Å²) in [7, 11) is 0. The van der Waals surface area contributed by atoms with E-state index in [1.54, 1.807) is 24.3 Å². The molecule has 10 heteroatoms. The van der Waals surface area contributed by atoms with Gasteiger partial charge in [-0.05, 0) is 81.7 Å². The first-order chi connectivity index (χ1) is 19.7. The first-order valence-electron chi connectivity index (χ1n) is 14.2. The van der Waals surface area contributed by atoms with E-state index in [0.29, 0.717) is 30.4 Å². The first kappa shape index (κ1) is 30.2. The van der Waals surface area contributed by atoms with Crippen LogP contribution < -0.4 is 15.8 Å². The number of ether oxygens (including phenoxy) is 2. The quantitative estimate of drug-likeness (QED) is 0.148. The maximum Gasteiger partial charge on any atom is 0.323 e. The number of aromatic nitrogens is 2. The van der Waals surface area contributed by atoms with E-state index in [4.69, 9.17) is 15.2 Å². The van der Waals surface area contributed by atoms with Crippen molar-refractivity contribution in [1.29, 1.82) is 0 Å². The molecule has 1 aromatic heterocycles. The van der Waals surface area contributed by atoms with Gasteiger partial charge in [0.25, 0.3) is 0 Å². The van der Waals surface area contributed by atoms with Gasteiger partial charge in [0.2, 0.25) is 0 Å². The van der Waals surface area contributed by atoms with Crippen LogP contribution in [0.15, 0.2) is 48.7 Å². The number of nitrogens with two attached hydrogens (primary N) is 1. The molecule has 220 valence electrons. The molecule has 0 amide bonds. The Morgan fingerprint density at radius 2 is 1.90 bits per heavy atom.